The summed E-state index contributed by atoms with van der Waals surface area (Å²) in [5.41, 5.74) is 0.700. The fourth-order valence-corrected chi connectivity index (χ4v) is 2.39. The molecule has 0 saturated carbocycles. The van der Waals surface area contributed by atoms with Crippen LogP contribution in [0.2, 0.25) is 0 Å². The molecule has 6 nitrogen and oxygen atoms in total. The molecule has 0 aliphatic carbocycles. The standard InChI is InChI=1S/C17H26N2O4/c1-13(8-10-21-2)18-17(20)19-14-5-3-6-15(11-14)23-12-16-7-4-9-22-16/h3,5-6,11,13,16H,4,7-10,12H2,1-2H3,(H2,18,19,20)/t13-,16-/m1/s1. The number of amides is 2. The first-order valence-electron chi connectivity index (χ1n) is 8.08. The lowest BCUT2D eigenvalue weighted by Gasteiger charge is -2.15. The third-order valence-electron chi connectivity index (χ3n) is 3.68. The van der Waals surface area contributed by atoms with E-state index in [4.69, 9.17) is 14.2 Å². The summed E-state index contributed by atoms with van der Waals surface area (Å²) in [4.78, 5) is 11.9. The van der Waals surface area contributed by atoms with Crippen LogP contribution in [-0.2, 0) is 9.47 Å². The molecule has 0 aromatic heterocycles. The van der Waals surface area contributed by atoms with Crippen LogP contribution < -0.4 is 15.4 Å². The molecule has 2 rings (SSSR count). The van der Waals surface area contributed by atoms with Crippen molar-refractivity contribution in [1.29, 1.82) is 0 Å². The Bertz CT molecular complexity index is 489. The highest BCUT2D eigenvalue weighted by atomic mass is 16.5. The fraction of sp³-hybridized carbons (Fsp3) is 0.588. The number of anilines is 1. The molecule has 0 spiro atoms. The Hall–Kier alpha value is -1.79. The van der Waals surface area contributed by atoms with Gasteiger partial charge in [-0.2, -0.15) is 0 Å². The summed E-state index contributed by atoms with van der Waals surface area (Å²) in [6.07, 6.45) is 3.09. The normalized spacial score (nSPS) is 18.4. The molecule has 23 heavy (non-hydrogen) atoms. The van der Waals surface area contributed by atoms with Crippen LogP contribution in [0.3, 0.4) is 0 Å². The summed E-state index contributed by atoms with van der Waals surface area (Å²) in [6.45, 7) is 3.93. The molecule has 1 saturated heterocycles. The highest BCUT2D eigenvalue weighted by molar-refractivity contribution is 5.89. The molecule has 1 aromatic carbocycles. The average Bonchev–Trinajstić information content (AvgIpc) is 3.04. The topological polar surface area (TPSA) is 68.8 Å². The molecule has 2 amide bonds. The van der Waals surface area contributed by atoms with Gasteiger partial charge < -0.3 is 24.8 Å². The number of hydrogen-bond acceptors (Lipinski definition) is 4. The minimum absolute atomic E-state index is 0.0499. The van der Waals surface area contributed by atoms with E-state index in [1.54, 1.807) is 7.11 Å². The van der Waals surface area contributed by atoms with Crippen LogP contribution in [0.1, 0.15) is 26.2 Å². The van der Waals surface area contributed by atoms with Gasteiger partial charge in [-0.05, 0) is 38.3 Å². The number of hydrogen-bond donors (Lipinski definition) is 2. The third-order valence-corrected chi connectivity index (χ3v) is 3.68. The molecular formula is C17H26N2O4. The van der Waals surface area contributed by atoms with E-state index in [1.807, 2.05) is 31.2 Å². The van der Waals surface area contributed by atoms with E-state index in [0.29, 0.717) is 18.9 Å². The lowest BCUT2D eigenvalue weighted by atomic mass is 10.2. The molecule has 1 aliphatic rings. The number of urea groups is 1. The van der Waals surface area contributed by atoms with E-state index < -0.39 is 0 Å². The van der Waals surface area contributed by atoms with Crippen molar-refractivity contribution >= 4 is 11.7 Å². The summed E-state index contributed by atoms with van der Waals surface area (Å²) >= 11 is 0. The van der Waals surface area contributed by atoms with Gasteiger partial charge in [0.05, 0.1) is 6.10 Å². The van der Waals surface area contributed by atoms with Crippen molar-refractivity contribution in [3.05, 3.63) is 24.3 Å². The number of carbonyl (C=O) groups excluding carboxylic acids is 1. The highest BCUT2D eigenvalue weighted by Crippen LogP contribution is 2.19. The quantitative estimate of drug-likeness (QED) is 0.772. The van der Waals surface area contributed by atoms with Crippen LogP contribution in [0.25, 0.3) is 0 Å². The van der Waals surface area contributed by atoms with E-state index in [-0.39, 0.29) is 18.2 Å². The van der Waals surface area contributed by atoms with Crippen LogP contribution in [0.15, 0.2) is 24.3 Å². The molecule has 1 aromatic rings. The number of ether oxygens (including phenoxy) is 3. The summed E-state index contributed by atoms with van der Waals surface area (Å²) < 4.78 is 16.3. The Morgan fingerprint density at radius 1 is 1.48 bits per heavy atom. The van der Waals surface area contributed by atoms with Crippen molar-refractivity contribution in [3.63, 3.8) is 0 Å². The molecule has 128 valence electrons. The van der Waals surface area contributed by atoms with Gasteiger partial charge in [-0.15, -0.1) is 0 Å². The predicted molar refractivity (Wildman–Crippen MR) is 89.0 cm³/mol. The van der Waals surface area contributed by atoms with Gasteiger partial charge in [0.15, 0.2) is 0 Å². The number of methoxy groups -OCH3 is 1. The molecule has 1 aliphatic heterocycles. The van der Waals surface area contributed by atoms with Gasteiger partial charge in [-0.25, -0.2) is 4.79 Å². The SMILES string of the molecule is COCC[C@@H](C)NC(=O)Nc1cccc(OC[C@H]2CCCO2)c1. The van der Waals surface area contributed by atoms with Gasteiger partial charge in [-0.1, -0.05) is 6.07 Å². The second-order valence-electron chi connectivity index (χ2n) is 5.75. The Morgan fingerprint density at radius 2 is 2.35 bits per heavy atom. The summed E-state index contributed by atoms with van der Waals surface area (Å²) in [7, 11) is 1.65. The zero-order chi connectivity index (χ0) is 16.5. The average molecular weight is 322 g/mol. The maximum absolute atomic E-state index is 11.9. The highest BCUT2D eigenvalue weighted by Gasteiger charge is 2.16. The Balaban J connectivity index is 1.78. The van der Waals surface area contributed by atoms with Crippen LogP contribution in [0.4, 0.5) is 10.5 Å². The summed E-state index contributed by atoms with van der Waals surface area (Å²) in [5.74, 6) is 0.728. The molecule has 6 heteroatoms. The predicted octanol–water partition coefficient (Wildman–Crippen LogP) is 2.79. The first kappa shape index (κ1) is 17.6. The smallest absolute Gasteiger partial charge is 0.319 e. The molecule has 1 fully saturated rings. The first-order chi connectivity index (χ1) is 11.2. The maximum Gasteiger partial charge on any atom is 0.319 e. The van der Waals surface area contributed by atoms with Gasteiger partial charge in [0.25, 0.3) is 0 Å². The van der Waals surface area contributed by atoms with Crippen molar-refractivity contribution in [2.75, 3.05) is 32.2 Å². The van der Waals surface area contributed by atoms with Crippen molar-refractivity contribution < 1.29 is 19.0 Å². The molecule has 0 unspecified atom stereocenters. The van der Waals surface area contributed by atoms with Gasteiger partial charge in [0, 0.05) is 38.1 Å². The van der Waals surface area contributed by atoms with Crippen molar-refractivity contribution in [2.45, 2.75) is 38.3 Å². The molecule has 0 bridgehead atoms. The van der Waals surface area contributed by atoms with Gasteiger partial charge in [0.2, 0.25) is 0 Å². The maximum atomic E-state index is 11.9. The Labute approximate surface area is 137 Å². The van der Waals surface area contributed by atoms with E-state index in [0.717, 1.165) is 31.6 Å². The van der Waals surface area contributed by atoms with Gasteiger partial charge >= 0.3 is 6.03 Å². The van der Waals surface area contributed by atoms with Crippen LogP contribution in [0.5, 0.6) is 5.75 Å². The lowest BCUT2D eigenvalue weighted by Crippen LogP contribution is -2.36. The van der Waals surface area contributed by atoms with Crippen LogP contribution in [0, 0.1) is 0 Å². The fourth-order valence-electron chi connectivity index (χ4n) is 2.39. The largest absolute Gasteiger partial charge is 0.491 e. The first-order valence-corrected chi connectivity index (χ1v) is 8.08. The third kappa shape index (κ3) is 6.46. The Kier molecular flexibility index (Phi) is 7.16. The minimum atomic E-state index is -0.232. The van der Waals surface area contributed by atoms with Gasteiger partial charge in [0.1, 0.15) is 12.4 Å². The second-order valence-corrected chi connectivity index (χ2v) is 5.75. The minimum Gasteiger partial charge on any atom is -0.491 e. The monoisotopic (exact) mass is 322 g/mol. The Morgan fingerprint density at radius 3 is 3.09 bits per heavy atom. The number of benzene rings is 1. The van der Waals surface area contributed by atoms with Crippen LogP contribution >= 0.6 is 0 Å². The summed E-state index contributed by atoms with van der Waals surface area (Å²) in [5, 5.41) is 5.68. The molecular weight excluding hydrogens is 296 g/mol. The summed E-state index contributed by atoms with van der Waals surface area (Å²) in [6, 6.07) is 7.19. The lowest BCUT2D eigenvalue weighted by molar-refractivity contribution is 0.0680. The second kappa shape index (κ2) is 9.37. The van der Waals surface area contributed by atoms with Crippen molar-refractivity contribution in [2.24, 2.45) is 0 Å². The van der Waals surface area contributed by atoms with Crippen molar-refractivity contribution in [1.82, 2.24) is 5.32 Å². The molecule has 0 radical (unpaired) electrons. The number of carbonyl (C=O) groups is 1. The van der Waals surface area contributed by atoms with E-state index in [9.17, 15) is 4.79 Å². The van der Waals surface area contributed by atoms with E-state index >= 15 is 0 Å². The van der Waals surface area contributed by atoms with Crippen LogP contribution in [-0.4, -0.2) is 45.1 Å². The van der Waals surface area contributed by atoms with Crippen molar-refractivity contribution in [3.8, 4) is 5.75 Å². The van der Waals surface area contributed by atoms with E-state index in [1.165, 1.54) is 0 Å². The molecule has 1 heterocycles. The number of rotatable bonds is 8. The molecule has 2 atom stereocenters. The molecule has 2 N–H and O–H groups in total. The van der Waals surface area contributed by atoms with E-state index in [2.05, 4.69) is 10.6 Å². The zero-order valence-corrected chi connectivity index (χ0v) is 13.8. The van der Waals surface area contributed by atoms with Gasteiger partial charge in [-0.3, -0.25) is 0 Å². The number of nitrogens with one attached hydrogen (secondary N) is 2. The zero-order valence-electron chi connectivity index (χ0n) is 13.8.